The Morgan fingerprint density at radius 2 is 1.33 bits per heavy atom. The van der Waals surface area contributed by atoms with Gasteiger partial charge in [-0.2, -0.15) is 0 Å². The molecule has 0 amide bonds. The number of hydrogen-bond acceptors (Lipinski definition) is 4. The van der Waals surface area contributed by atoms with Gasteiger partial charge in [0.05, 0.1) is 0 Å². The molecule has 6 heavy (non-hydrogen) atoms. The molecule has 5 heteroatoms. The molecule has 0 saturated carbocycles. The van der Waals surface area contributed by atoms with Crippen LogP contribution in [0.25, 0.3) is 0 Å². The standard InChI is InChI=1S/CH2O3.H2O.Zr/c2-1(3)4;;/h(H2,2,3,4);1H2;/q;;+3/p-3. The topological polar surface area (TPSA) is 93.2 Å². The van der Waals surface area contributed by atoms with Gasteiger partial charge in [-0.15, -0.1) is 0 Å². The maximum Gasteiger partial charge on any atom is 3.00 e. The van der Waals surface area contributed by atoms with Gasteiger partial charge in [0.1, 0.15) is 0 Å². The smallest absolute Gasteiger partial charge is 0.870 e. The van der Waals surface area contributed by atoms with Gasteiger partial charge in [-0.3, -0.25) is 0 Å². The van der Waals surface area contributed by atoms with Crippen LogP contribution >= 0.6 is 0 Å². The largest absolute Gasteiger partial charge is 3.00 e. The first-order chi connectivity index (χ1) is 1.73. The van der Waals surface area contributed by atoms with Crippen molar-refractivity contribution >= 4 is 6.16 Å². The van der Waals surface area contributed by atoms with Crippen LogP contribution < -0.4 is 10.2 Å². The van der Waals surface area contributed by atoms with Crippen LogP contribution in [0.5, 0.6) is 0 Å². The molecule has 0 bridgehead atoms. The normalized spacial score (nSPS) is 4.00. The zero-order valence-corrected chi connectivity index (χ0v) is 5.13. The zero-order valence-electron chi connectivity index (χ0n) is 2.67. The molecule has 0 saturated heterocycles. The van der Waals surface area contributed by atoms with Gasteiger partial charge in [-0.1, -0.05) is 0 Å². The molecular formula is CHO4Zr. The Kier molecular flexibility index (Phi) is 24.5. The Balaban J connectivity index is -0.0000000450. The summed E-state index contributed by atoms with van der Waals surface area (Å²) in [6, 6.07) is 0. The Bertz CT molecular complexity index is 30.5. The maximum absolute atomic E-state index is 8.33. The molecule has 1 N–H and O–H groups in total. The van der Waals surface area contributed by atoms with Gasteiger partial charge in [0.2, 0.25) is 0 Å². The molecule has 0 spiro atoms. The van der Waals surface area contributed by atoms with Crippen LogP contribution in [0.15, 0.2) is 0 Å². The van der Waals surface area contributed by atoms with E-state index in [-0.39, 0.29) is 31.7 Å². The maximum atomic E-state index is 8.33. The van der Waals surface area contributed by atoms with Gasteiger partial charge in [0, 0.05) is 0 Å². The van der Waals surface area contributed by atoms with E-state index >= 15 is 0 Å². The molecule has 1 radical (unpaired) electrons. The van der Waals surface area contributed by atoms with Crippen LogP contribution in [-0.4, -0.2) is 11.6 Å². The summed E-state index contributed by atoms with van der Waals surface area (Å²) in [6.07, 6.45) is -2.33. The SMILES string of the molecule is O=C([O-])[O-].[OH-].[Zr+3]. The summed E-state index contributed by atoms with van der Waals surface area (Å²) >= 11 is 0. The summed E-state index contributed by atoms with van der Waals surface area (Å²) in [7, 11) is 0. The second-order valence-corrected chi connectivity index (χ2v) is 0.250. The van der Waals surface area contributed by atoms with Gasteiger partial charge in [-0.25, -0.2) is 0 Å². The van der Waals surface area contributed by atoms with Crippen molar-refractivity contribution in [1.82, 2.24) is 0 Å². The summed E-state index contributed by atoms with van der Waals surface area (Å²) in [5, 5.41) is 16.7. The molecule has 4 nitrogen and oxygen atoms in total. The van der Waals surface area contributed by atoms with Crippen molar-refractivity contribution in [3.05, 3.63) is 0 Å². The van der Waals surface area contributed by atoms with E-state index in [1.165, 1.54) is 0 Å². The molecule has 0 unspecified atom stereocenters. The van der Waals surface area contributed by atoms with Gasteiger partial charge in [-0.05, 0) is 6.16 Å². The van der Waals surface area contributed by atoms with Crippen LogP contribution in [0, 0.1) is 0 Å². The van der Waals surface area contributed by atoms with Crippen molar-refractivity contribution in [2.24, 2.45) is 0 Å². The van der Waals surface area contributed by atoms with Gasteiger partial charge >= 0.3 is 26.2 Å². The fourth-order valence-corrected chi connectivity index (χ4v) is 0. The van der Waals surface area contributed by atoms with Crippen LogP contribution in [0.4, 0.5) is 4.79 Å². The molecule has 0 aromatic rings. The average Bonchev–Trinajstić information content (AvgIpc) is 0.811. The monoisotopic (exact) mass is 167 g/mol. The first-order valence-corrected chi connectivity index (χ1v) is 0.612. The van der Waals surface area contributed by atoms with Crippen molar-refractivity contribution in [2.45, 2.75) is 0 Å². The van der Waals surface area contributed by atoms with Crippen molar-refractivity contribution in [2.75, 3.05) is 0 Å². The Morgan fingerprint density at radius 3 is 1.33 bits per heavy atom. The number of carbonyl (C=O) groups is 1. The third-order valence-electron chi connectivity index (χ3n) is 0. The molecule has 0 aliphatic heterocycles. The summed E-state index contributed by atoms with van der Waals surface area (Å²) in [4.78, 5) is 8.33. The minimum Gasteiger partial charge on any atom is -0.870 e. The minimum absolute atomic E-state index is 0. The predicted octanol–water partition coefficient (Wildman–Crippen LogP) is -2.63. The summed E-state index contributed by atoms with van der Waals surface area (Å²) in [5.74, 6) is 0. The van der Waals surface area contributed by atoms with E-state index in [0.29, 0.717) is 0 Å². The second kappa shape index (κ2) is 8.93. The number of hydrogen-bond donors (Lipinski definition) is 0. The Labute approximate surface area is 53.2 Å². The Morgan fingerprint density at radius 1 is 1.33 bits per heavy atom. The van der Waals surface area contributed by atoms with Gasteiger partial charge < -0.3 is 20.5 Å². The van der Waals surface area contributed by atoms with Crippen LogP contribution in [0.3, 0.4) is 0 Å². The third-order valence-corrected chi connectivity index (χ3v) is 0. The van der Waals surface area contributed by atoms with E-state index < -0.39 is 6.16 Å². The summed E-state index contributed by atoms with van der Waals surface area (Å²) in [5.41, 5.74) is 0. The fraction of sp³-hybridized carbons (Fsp3) is 0. The molecule has 0 aliphatic carbocycles. The van der Waals surface area contributed by atoms with E-state index in [1.807, 2.05) is 0 Å². The minimum atomic E-state index is -2.33. The molecule has 0 aromatic heterocycles. The molecule has 0 heterocycles. The number of rotatable bonds is 0. The first-order valence-electron chi connectivity index (χ1n) is 0.612. The molecule has 0 fully saturated rings. The van der Waals surface area contributed by atoms with Gasteiger partial charge in [0.25, 0.3) is 0 Å². The summed E-state index contributed by atoms with van der Waals surface area (Å²) < 4.78 is 0. The van der Waals surface area contributed by atoms with Gasteiger partial charge in [0.15, 0.2) is 0 Å². The van der Waals surface area contributed by atoms with Crippen molar-refractivity contribution in [3.63, 3.8) is 0 Å². The average molecular weight is 168 g/mol. The van der Waals surface area contributed by atoms with Crippen LogP contribution in [0.2, 0.25) is 0 Å². The van der Waals surface area contributed by atoms with E-state index in [0.717, 1.165) is 0 Å². The van der Waals surface area contributed by atoms with E-state index in [9.17, 15) is 0 Å². The van der Waals surface area contributed by atoms with Crippen LogP contribution in [0.1, 0.15) is 0 Å². The number of carboxylic acid groups (broad SMARTS) is 2. The van der Waals surface area contributed by atoms with Crippen molar-refractivity contribution in [1.29, 1.82) is 0 Å². The first kappa shape index (κ1) is 16.5. The van der Waals surface area contributed by atoms with Crippen molar-refractivity contribution in [3.8, 4) is 0 Å². The number of carbonyl (C=O) groups excluding carboxylic acids is 1. The molecule has 0 atom stereocenters. The Hall–Kier alpha value is 0.113. The molecule has 33 valence electrons. The van der Waals surface area contributed by atoms with E-state index in [4.69, 9.17) is 15.0 Å². The zero-order chi connectivity index (χ0) is 3.58. The third kappa shape index (κ3) is 3120. The molecular weight excluding hydrogens is 167 g/mol. The van der Waals surface area contributed by atoms with Crippen LogP contribution in [-0.2, 0) is 26.2 Å². The molecule has 0 aromatic carbocycles. The quantitative estimate of drug-likeness (QED) is 0.395. The second-order valence-electron chi connectivity index (χ2n) is 0.250. The summed E-state index contributed by atoms with van der Waals surface area (Å²) in [6.45, 7) is 0. The predicted molar refractivity (Wildman–Crippen MR) is 7.33 cm³/mol. The van der Waals surface area contributed by atoms with E-state index in [1.54, 1.807) is 0 Å². The molecule has 0 rings (SSSR count). The fourth-order valence-electron chi connectivity index (χ4n) is 0. The van der Waals surface area contributed by atoms with Crippen molar-refractivity contribution < 1.29 is 46.7 Å². The van der Waals surface area contributed by atoms with E-state index in [2.05, 4.69) is 0 Å². The molecule has 0 aliphatic rings.